The number of thiophene rings is 1. The minimum absolute atomic E-state index is 0.0576. The van der Waals surface area contributed by atoms with E-state index in [0.717, 1.165) is 21.5 Å². The Kier molecular flexibility index (Phi) is 5.00. The Balaban J connectivity index is 1.44. The van der Waals surface area contributed by atoms with E-state index in [2.05, 4.69) is 15.5 Å². The smallest absolute Gasteiger partial charge is 0.277 e. The highest BCUT2D eigenvalue weighted by molar-refractivity contribution is 8.00. The first-order chi connectivity index (χ1) is 13.1. The van der Waals surface area contributed by atoms with Crippen molar-refractivity contribution < 1.29 is 9.21 Å². The number of hydrogen-bond donors (Lipinski definition) is 1. The molecule has 138 valence electrons. The molecule has 0 unspecified atom stereocenters. The largest absolute Gasteiger partial charge is 0.410 e. The highest BCUT2D eigenvalue weighted by Crippen LogP contribution is 2.29. The molecule has 0 aliphatic heterocycles. The lowest BCUT2D eigenvalue weighted by Crippen LogP contribution is -2.30. The van der Waals surface area contributed by atoms with Crippen molar-refractivity contribution in [3.05, 3.63) is 52.7 Å². The molecule has 0 radical (unpaired) electrons. The minimum Gasteiger partial charge on any atom is -0.410 e. The van der Waals surface area contributed by atoms with Crippen LogP contribution in [-0.4, -0.2) is 25.9 Å². The van der Waals surface area contributed by atoms with Gasteiger partial charge in [-0.2, -0.15) is 0 Å². The van der Waals surface area contributed by atoms with Gasteiger partial charge in [0.1, 0.15) is 5.69 Å². The molecular formula is C19H18N4O2S2. The Hall–Kier alpha value is -2.58. The molecule has 1 N–H and O–H groups in total. The number of aryl methyl sites for hydroxylation is 1. The summed E-state index contributed by atoms with van der Waals surface area (Å²) >= 11 is 2.88. The molecule has 0 spiro atoms. The van der Waals surface area contributed by atoms with Gasteiger partial charge in [-0.25, -0.2) is 0 Å². The minimum atomic E-state index is -0.328. The molecule has 0 aliphatic carbocycles. The second-order valence-corrected chi connectivity index (χ2v) is 8.40. The number of fused-ring (bicyclic) bond motifs is 1. The number of nitrogens with zero attached hydrogens (tertiary/aromatic N) is 3. The van der Waals surface area contributed by atoms with E-state index in [1.165, 1.54) is 11.8 Å². The van der Waals surface area contributed by atoms with Crippen LogP contribution in [0.15, 0.2) is 57.5 Å². The maximum absolute atomic E-state index is 12.3. The van der Waals surface area contributed by atoms with Gasteiger partial charge in [0.2, 0.25) is 5.91 Å². The summed E-state index contributed by atoms with van der Waals surface area (Å²) in [6, 6.07) is 14.1. The topological polar surface area (TPSA) is 73.0 Å². The Labute approximate surface area is 164 Å². The number of para-hydroxylation sites is 1. The van der Waals surface area contributed by atoms with Gasteiger partial charge in [0.15, 0.2) is 0 Å². The zero-order valence-corrected chi connectivity index (χ0v) is 16.5. The standard InChI is InChI=1S/C19H18N4O2S2/c1-12(17(24)20-11-14-7-5-9-26-14)27-19-22-21-18(25-19)16-10-13-6-3-4-8-15(13)23(16)2/h3-10,12H,11H2,1-2H3,(H,20,24)/t12-/m1/s1. The number of carbonyl (C=O) groups excluding carboxylic acids is 1. The molecule has 0 saturated heterocycles. The molecule has 6 nitrogen and oxygen atoms in total. The molecule has 3 aromatic heterocycles. The number of aromatic nitrogens is 3. The number of hydrogen-bond acceptors (Lipinski definition) is 6. The Bertz CT molecular complexity index is 1070. The van der Waals surface area contributed by atoms with E-state index >= 15 is 0 Å². The molecule has 4 aromatic rings. The van der Waals surface area contributed by atoms with Gasteiger partial charge < -0.3 is 14.3 Å². The normalized spacial score (nSPS) is 12.4. The molecule has 1 amide bonds. The summed E-state index contributed by atoms with van der Waals surface area (Å²) in [5.74, 6) is 0.389. The molecule has 27 heavy (non-hydrogen) atoms. The first-order valence-electron chi connectivity index (χ1n) is 8.47. The summed E-state index contributed by atoms with van der Waals surface area (Å²) in [6.45, 7) is 2.36. The van der Waals surface area contributed by atoms with Crippen molar-refractivity contribution >= 4 is 39.9 Å². The zero-order chi connectivity index (χ0) is 18.8. The molecule has 0 saturated carbocycles. The zero-order valence-electron chi connectivity index (χ0n) is 14.9. The third kappa shape index (κ3) is 3.77. The maximum Gasteiger partial charge on any atom is 0.277 e. The van der Waals surface area contributed by atoms with Crippen molar-refractivity contribution in [3.8, 4) is 11.6 Å². The van der Waals surface area contributed by atoms with E-state index in [0.29, 0.717) is 17.7 Å². The van der Waals surface area contributed by atoms with Crippen LogP contribution in [0.5, 0.6) is 0 Å². The number of nitrogens with one attached hydrogen (secondary N) is 1. The van der Waals surface area contributed by atoms with Gasteiger partial charge in [0.05, 0.1) is 11.8 Å². The highest BCUT2D eigenvalue weighted by atomic mass is 32.2. The van der Waals surface area contributed by atoms with Crippen LogP contribution in [0.25, 0.3) is 22.5 Å². The quantitative estimate of drug-likeness (QED) is 0.495. The molecule has 0 fully saturated rings. The van der Waals surface area contributed by atoms with Gasteiger partial charge in [-0.3, -0.25) is 4.79 Å². The van der Waals surface area contributed by atoms with Gasteiger partial charge in [0, 0.05) is 22.8 Å². The summed E-state index contributed by atoms with van der Waals surface area (Å²) < 4.78 is 7.82. The fourth-order valence-electron chi connectivity index (χ4n) is 2.79. The van der Waals surface area contributed by atoms with Crippen LogP contribution in [0.1, 0.15) is 11.8 Å². The number of thioether (sulfide) groups is 1. The molecule has 1 aromatic carbocycles. The predicted octanol–water partition coefficient (Wildman–Crippen LogP) is 4.09. The fraction of sp³-hybridized carbons (Fsp3) is 0.211. The molecule has 1 atom stereocenters. The van der Waals surface area contributed by atoms with Crippen LogP contribution in [-0.2, 0) is 18.4 Å². The fourth-order valence-corrected chi connectivity index (χ4v) is 4.14. The maximum atomic E-state index is 12.3. The first-order valence-corrected chi connectivity index (χ1v) is 10.2. The summed E-state index contributed by atoms with van der Waals surface area (Å²) in [5, 5.41) is 14.3. The number of carbonyl (C=O) groups is 1. The van der Waals surface area contributed by atoms with E-state index in [-0.39, 0.29) is 11.2 Å². The lowest BCUT2D eigenvalue weighted by Gasteiger charge is -2.08. The third-order valence-corrected chi connectivity index (χ3v) is 6.05. The van der Waals surface area contributed by atoms with E-state index in [9.17, 15) is 4.79 Å². The van der Waals surface area contributed by atoms with Crippen molar-refractivity contribution in [2.75, 3.05) is 0 Å². The second-order valence-electron chi connectivity index (χ2n) is 6.08. The molecule has 0 bridgehead atoms. The molecule has 3 heterocycles. The van der Waals surface area contributed by atoms with Crippen LogP contribution in [0, 0.1) is 0 Å². The third-order valence-electron chi connectivity index (χ3n) is 4.24. The van der Waals surface area contributed by atoms with Gasteiger partial charge in [-0.05, 0) is 30.5 Å². The summed E-state index contributed by atoms with van der Waals surface area (Å²) in [7, 11) is 1.97. The Morgan fingerprint density at radius 1 is 1.30 bits per heavy atom. The summed E-state index contributed by atoms with van der Waals surface area (Å²) in [5.41, 5.74) is 1.95. The summed E-state index contributed by atoms with van der Waals surface area (Å²) in [6.07, 6.45) is 0. The van der Waals surface area contributed by atoms with E-state index in [1.54, 1.807) is 11.3 Å². The molecule has 4 rings (SSSR count). The lowest BCUT2D eigenvalue weighted by molar-refractivity contribution is -0.120. The Morgan fingerprint density at radius 3 is 2.93 bits per heavy atom. The monoisotopic (exact) mass is 398 g/mol. The average Bonchev–Trinajstić information content (AvgIpc) is 3.41. The first kappa shape index (κ1) is 17.8. The Morgan fingerprint density at radius 2 is 2.15 bits per heavy atom. The SMILES string of the molecule is C[C@@H](Sc1nnc(-c2cc3ccccc3n2C)o1)C(=O)NCc1cccs1. The van der Waals surface area contributed by atoms with Crippen molar-refractivity contribution in [2.24, 2.45) is 7.05 Å². The lowest BCUT2D eigenvalue weighted by atomic mass is 10.2. The van der Waals surface area contributed by atoms with Crippen LogP contribution < -0.4 is 5.32 Å². The second kappa shape index (κ2) is 7.58. The molecule has 8 heteroatoms. The van der Waals surface area contributed by atoms with Crippen LogP contribution >= 0.6 is 23.1 Å². The van der Waals surface area contributed by atoms with E-state index < -0.39 is 0 Å². The number of amides is 1. The van der Waals surface area contributed by atoms with Crippen molar-refractivity contribution in [1.29, 1.82) is 0 Å². The summed E-state index contributed by atoms with van der Waals surface area (Å²) in [4.78, 5) is 13.4. The van der Waals surface area contributed by atoms with Crippen LogP contribution in [0.2, 0.25) is 0 Å². The predicted molar refractivity (Wildman–Crippen MR) is 108 cm³/mol. The average molecular weight is 399 g/mol. The van der Waals surface area contributed by atoms with Gasteiger partial charge in [0.25, 0.3) is 11.1 Å². The van der Waals surface area contributed by atoms with Gasteiger partial charge in [-0.15, -0.1) is 21.5 Å². The van der Waals surface area contributed by atoms with Crippen molar-refractivity contribution in [3.63, 3.8) is 0 Å². The van der Waals surface area contributed by atoms with Crippen LogP contribution in [0.4, 0.5) is 0 Å². The van der Waals surface area contributed by atoms with Gasteiger partial charge >= 0.3 is 0 Å². The van der Waals surface area contributed by atoms with E-state index in [4.69, 9.17) is 4.42 Å². The molecule has 0 aliphatic rings. The number of benzene rings is 1. The highest BCUT2D eigenvalue weighted by Gasteiger charge is 2.20. The van der Waals surface area contributed by atoms with Crippen LogP contribution in [0.3, 0.4) is 0 Å². The molecular weight excluding hydrogens is 380 g/mol. The van der Waals surface area contributed by atoms with Gasteiger partial charge in [-0.1, -0.05) is 36.0 Å². The van der Waals surface area contributed by atoms with Crippen molar-refractivity contribution in [1.82, 2.24) is 20.1 Å². The number of rotatable bonds is 6. The van der Waals surface area contributed by atoms with E-state index in [1.807, 2.05) is 66.4 Å². The van der Waals surface area contributed by atoms with Crippen molar-refractivity contribution in [2.45, 2.75) is 23.9 Å².